The van der Waals surface area contributed by atoms with E-state index in [1.807, 2.05) is 0 Å². The number of benzene rings is 1. The molecule has 1 atom stereocenters. The Labute approximate surface area is 119 Å². The Balaban J connectivity index is 2.79. The summed E-state index contributed by atoms with van der Waals surface area (Å²) in [6.45, 7) is 15.6. The topological polar surface area (TPSA) is 15.3 Å². The summed E-state index contributed by atoms with van der Waals surface area (Å²) >= 11 is 0. The van der Waals surface area contributed by atoms with E-state index in [1.54, 1.807) is 0 Å². The van der Waals surface area contributed by atoms with Crippen LogP contribution in [0.15, 0.2) is 24.3 Å². The monoisotopic (exact) mass is 262 g/mol. The molecule has 0 fully saturated rings. The van der Waals surface area contributed by atoms with Crippen molar-refractivity contribution in [3.05, 3.63) is 29.8 Å². The van der Waals surface area contributed by atoms with Crippen molar-refractivity contribution in [2.24, 2.45) is 5.41 Å². The van der Waals surface area contributed by atoms with Gasteiger partial charge in [-0.1, -0.05) is 32.9 Å². The predicted octanol–water partition coefficient (Wildman–Crippen LogP) is 3.85. The molecule has 0 aliphatic heterocycles. The molecule has 1 unspecified atom stereocenters. The van der Waals surface area contributed by atoms with Crippen molar-refractivity contribution in [1.82, 2.24) is 5.32 Å². The van der Waals surface area contributed by atoms with E-state index in [4.69, 9.17) is 0 Å². The van der Waals surface area contributed by atoms with Gasteiger partial charge in [-0.25, -0.2) is 0 Å². The van der Waals surface area contributed by atoms with Gasteiger partial charge in [0.1, 0.15) is 0 Å². The fourth-order valence-corrected chi connectivity index (χ4v) is 2.39. The first-order chi connectivity index (χ1) is 9.04. The second-order valence-corrected chi connectivity index (χ2v) is 5.80. The molecule has 1 rings (SSSR count). The molecule has 0 radical (unpaired) electrons. The molecule has 1 aromatic carbocycles. The maximum absolute atomic E-state index is 3.51. The van der Waals surface area contributed by atoms with Crippen molar-refractivity contribution in [3.63, 3.8) is 0 Å². The van der Waals surface area contributed by atoms with E-state index in [0.29, 0.717) is 5.41 Å². The molecular formula is C17H30N2. The van der Waals surface area contributed by atoms with E-state index in [1.165, 1.54) is 17.7 Å². The molecule has 1 aromatic rings. The van der Waals surface area contributed by atoms with Crippen LogP contribution in [0.2, 0.25) is 0 Å². The van der Waals surface area contributed by atoms with E-state index in [0.717, 1.165) is 26.2 Å². The van der Waals surface area contributed by atoms with Crippen molar-refractivity contribution < 1.29 is 0 Å². The first-order valence-corrected chi connectivity index (χ1v) is 7.57. The smallest absolute Gasteiger partial charge is 0.0368 e. The van der Waals surface area contributed by atoms with Crippen LogP contribution in [0.3, 0.4) is 0 Å². The Hall–Kier alpha value is -1.02. The predicted molar refractivity (Wildman–Crippen MR) is 86.0 cm³/mol. The summed E-state index contributed by atoms with van der Waals surface area (Å²) in [6.07, 6.45) is 1.20. The molecule has 0 heterocycles. The summed E-state index contributed by atoms with van der Waals surface area (Å²) in [4.78, 5) is 2.49. The van der Waals surface area contributed by atoms with Crippen molar-refractivity contribution in [2.75, 3.05) is 31.1 Å². The van der Waals surface area contributed by atoms with Crippen molar-refractivity contribution in [3.8, 4) is 0 Å². The highest BCUT2D eigenvalue weighted by atomic mass is 15.1. The molecule has 0 amide bonds. The Morgan fingerprint density at radius 1 is 1.21 bits per heavy atom. The van der Waals surface area contributed by atoms with Crippen LogP contribution in [0.1, 0.15) is 39.7 Å². The van der Waals surface area contributed by atoms with E-state index in [-0.39, 0.29) is 0 Å². The Kier molecular flexibility index (Phi) is 6.36. The highest BCUT2D eigenvalue weighted by Gasteiger charge is 2.24. The zero-order valence-corrected chi connectivity index (χ0v) is 13.3. The van der Waals surface area contributed by atoms with E-state index < -0.39 is 0 Å². The summed E-state index contributed by atoms with van der Waals surface area (Å²) < 4.78 is 0. The van der Waals surface area contributed by atoms with Gasteiger partial charge < -0.3 is 10.2 Å². The number of hydrogen-bond donors (Lipinski definition) is 1. The number of aryl methyl sites for hydroxylation is 1. The number of anilines is 1. The van der Waals surface area contributed by atoms with Crippen molar-refractivity contribution in [1.29, 1.82) is 0 Å². The van der Waals surface area contributed by atoms with Crippen LogP contribution in [0.25, 0.3) is 0 Å². The molecule has 19 heavy (non-hydrogen) atoms. The lowest BCUT2D eigenvalue weighted by Gasteiger charge is -2.36. The molecule has 0 aliphatic rings. The van der Waals surface area contributed by atoms with Crippen molar-refractivity contribution >= 4 is 5.69 Å². The molecule has 0 bridgehead atoms. The third-order valence-corrected chi connectivity index (χ3v) is 3.98. The second-order valence-electron chi connectivity index (χ2n) is 5.80. The van der Waals surface area contributed by atoms with Gasteiger partial charge in [0.15, 0.2) is 0 Å². The van der Waals surface area contributed by atoms with Gasteiger partial charge in [0.25, 0.3) is 0 Å². The van der Waals surface area contributed by atoms with Gasteiger partial charge in [0, 0.05) is 25.3 Å². The fraction of sp³-hybridized carbons (Fsp3) is 0.647. The van der Waals surface area contributed by atoms with Crippen LogP contribution in [0.5, 0.6) is 0 Å². The van der Waals surface area contributed by atoms with Crippen LogP contribution < -0.4 is 10.2 Å². The molecule has 0 aliphatic carbocycles. The number of nitrogens with zero attached hydrogens (tertiary/aromatic N) is 1. The van der Waals surface area contributed by atoms with Crippen LogP contribution in [-0.2, 0) is 0 Å². The average molecular weight is 262 g/mol. The third kappa shape index (κ3) is 4.87. The summed E-state index contributed by atoms with van der Waals surface area (Å²) in [5.41, 5.74) is 3.01. The molecule has 0 spiro atoms. The molecule has 1 N–H and O–H groups in total. The minimum atomic E-state index is 0.329. The highest BCUT2D eigenvalue weighted by molar-refractivity contribution is 5.48. The number of rotatable bonds is 8. The van der Waals surface area contributed by atoms with E-state index in [2.05, 4.69) is 69.1 Å². The first-order valence-electron chi connectivity index (χ1n) is 7.57. The highest BCUT2D eigenvalue weighted by Crippen LogP contribution is 2.25. The van der Waals surface area contributed by atoms with Gasteiger partial charge in [-0.15, -0.1) is 0 Å². The number of hydrogen-bond acceptors (Lipinski definition) is 2. The van der Waals surface area contributed by atoms with Gasteiger partial charge in [0.2, 0.25) is 0 Å². The molecule has 0 aromatic heterocycles. The zero-order chi connectivity index (χ0) is 14.3. The van der Waals surface area contributed by atoms with Crippen LogP contribution in [0, 0.1) is 12.3 Å². The second kappa shape index (κ2) is 7.54. The van der Waals surface area contributed by atoms with Gasteiger partial charge in [-0.3, -0.25) is 0 Å². The molecule has 2 nitrogen and oxygen atoms in total. The van der Waals surface area contributed by atoms with Crippen LogP contribution >= 0.6 is 0 Å². The first kappa shape index (κ1) is 16.0. The van der Waals surface area contributed by atoms with Gasteiger partial charge in [-0.05, 0) is 49.9 Å². The Morgan fingerprint density at radius 3 is 2.47 bits per heavy atom. The Morgan fingerprint density at radius 2 is 1.95 bits per heavy atom. The average Bonchev–Trinajstić information content (AvgIpc) is 2.42. The van der Waals surface area contributed by atoms with Gasteiger partial charge in [-0.2, -0.15) is 0 Å². The summed E-state index contributed by atoms with van der Waals surface area (Å²) in [5, 5.41) is 3.51. The molecule has 0 saturated heterocycles. The maximum atomic E-state index is 3.51. The minimum Gasteiger partial charge on any atom is -0.371 e. The lowest BCUT2D eigenvalue weighted by molar-refractivity contribution is 0.298. The van der Waals surface area contributed by atoms with Crippen LogP contribution in [-0.4, -0.2) is 26.2 Å². The number of nitrogens with one attached hydrogen (secondary N) is 1. The van der Waals surface area contributed by atoms with E-state index >= 15 is 0 Å². The van der Waals surface area contributed by atoms with Gasteiger partial charge in [0.05, 0.1) is 0 Å². The standard InChI is InChI=1S/C17H30N2/c1-6-17(5,13-18-7-2)14-19(8-3)16-11-9-10-15(4)12-16/h9-12,18H,6-8,13-14H2,1-5H3. The summed E-state index contributed by atoms with van der Waals surface area (Å²) in [6, 6.07) is 8.82. The normalized spacial score (nSPS) is 14.2. The lowest BCUT2D eigenvalue weighted by Crippen LogP contribution is -2.42. The van der Waals surface area contributed by atoms with E-state index in [9.17, 15) is 0 Å². The lowest BCUT2D eigenvalue weighted by atomic mass is 9.86. The third-order valence-electron chi connectivity index (χ3n) is 3.98. The van der Waals surface area contributed by atoms with Gasteiger partial charge >= 0.3 is 0 Å². The molecular weight excluding hydrogens is 232 g/mol. The quantitative estimate of drug-likeness (QED) is 0.765. The zero-order valence-electron chi connectivity index (χ0n) is 13.3. The summed E-state index contributed by atoms with van der Waals surface area (Å²) in [5.74, 6) is 0. The SMILES string of the molecule is CCNCC(C)(CC)CN(CC)c1cccc(C)c1. The summed E-state index contributed by atoms with van der Waals surface area (Å²) in [7, 11) is 0. The largest absolute Gasteiger partial charge is 0.371 e. The van der Waals surface area contributed by atoms with Crippen molar-refractivity contribution in [2.45, 2.75) is 41.0 Å². The van der Waals surface area contributed by atoms with Crippen LogP contribution in [0.4, 0.5) is 5.69 Å². The molecule has 0 saturated carbocycles. The molecule has 108 valence electrons. The minimum absolute atomic E-state index is 0.329. The maximum Gasteiger partial charge on any atom is 0.0368 e. The molecule has 2 heteroatoms. The fourth-order valence-electron chi connectivity index (χ4n) is 2.39. The Bertz CT molecular complexity index is 375.